The van der Waals surface area contributed by atoms with Crippen molar-refractivity contribution in [3.63, 3.8) is 0 Å². The number of nitrogens with zero attached hydrogens (tertiary/aromatic N) is 1. The molecule has 2 rings (SSSR count). The maximum absolute atomic E-state index is 12.5. The Balaban J connectivity index is 0.000000867. The molecule has 1 amide bonds. The zero-order valence-corrected chi connectivity index (χ0v) is 30.1. The fourth-order valence-corrected chi connectivity index (χ4v) is 4.75. The molecule has 0 bridgehead atoms. The molecule has 9 nitrogen and oxygen atoms in total. The van der Waals surface area contributed by atoms with E-state index in [1.165, 1.54) is 0 Å². The quantitative estimate of drug-likeness (QED) is 0.164. The minimum Gasteiger partial charge on any atom is -0.460 e. The molecule has 0 spiro atoms. The van der Waals surface area contributed by atoms with Crippen LogP contribution in [0.5, 0.6) is 0 Å². The van der Waals surface area contributed by atoms with Gasteiger partial charge < -0.3 is 29.5 Å². The van der Waals surface area contributed by atoms with Crippen molar-refractivity contribution in [2.24, 2.45) is 10.8 Å². The van der Waals surface area contributed by atoms with Crippen LogP contribution in [0.3, 0.4) is 0 Å². The van der Waals surface area contributed by atoms with Gasteiger partial charge in [-0.1, -0.05) is 13.8 Å². The predicted molar refractivity (Wildman–Crippen MR) is 161 cm³/mol. The van der Waals surface area contributed by atoms with Crippen LogP contribution in [0, 0.1) is 10.8 Å². The highest BCUT2D eigenvalue weighted by molar-refractivity contribution is 5.71. The van der Waals surface area contributed by atoms with Gasteiger partial charge in [0.05, 0.1) is 12.8 Å². The van der Waals surface area contributed by atoms with Crippen LogP contribution >= 0.6 is 0 Å². The van der Waals surface area contributed by atoms with Crippen molar-refractivity contribution in [3.05, 3.63) is 0 Å². The van der Waals surface area contributed by atoms with Crippen LogP contribution in [-0.2, 0) is 23.8 Å². The van der Waals surface area contributed by atoms with Gasteiger partial charge in [-0.3, -0.25) is 9.59 Å². The van der Waals surface area contributed by atoms with Gasteiger partial charge in [-0.05, 0) is 91.1 Å². The lowest BCUT2D eigenvalue weighted by Gasteiger charge is -2.39. The molecule has 2 aliphatic heterocycles. The molecule has 2 N–H and O–H groups in total. The number of halogens is 12. The summed E-state index contributed by atoms with van der Waals surface area (Å²) in [6.45, 7) is 16.5. The van der Waals surface area contributed by atoms with Crippen molar-refractivity contribution in [2.75, 3.05) is 26.2 Å². The van der Waals surface area contributed by atoms with Gasteiger partial charge in [0.15, 0.2) is 0 Å². The predicted octanol–water partition coefficient (Wildman–Crippen LogP) is 8.03. The topological polar surface area (TPSA) is 114 Å². The fourth-order valence-electron chi connectivity index (χ4n) is 4.75. The highest BCUT2D eigenvalue weighted by Crippen LogP contribution is 2.39. The van der Waals surface area contributed by atoms with Gasteiger partial charge in [-0.15, -0.1) is 0 Å². The summed E-state index contributed by atoms with van der Waals surface area (Å²) in [5.74, 6) is -0.526. The number of carbonyl (C=O) groups excluding carboxylic acids is 3. The van der Waals surface area contributed by atoms with Crippen LogP contribution in [0.4, 0.5) is 57.5 Å². The molecule has 0 aromatic rings. The third-order valence-electron chi connectivity index (χ3n) is 7.46. The number of alkyl halides is 12. The first-order valence-corrected chi connectivity index (χ1v) is 15.9. The summed E-state index contributed by atoms with van der Waals surface area (Å²) in [6.07, 6.45) is -29.7. The first kappa shape index (κ1) is 49.3. The number of ether oxygens (including phenoxy) is 3. The van der Waals surface area contributed by atoms with E-state index in [0.717, 1.165) is 30.8 Å². The van der Waals surface area contributed by atoms with E-state index in [-0.39, 0.29) is 49.3 Å². The molecule has 2 aliphatic rings. The third-order valence-corrected chi connectivity index (χ3v) is 7.46. The minimum absolute atomic E-state index is 0.0287. The van der Waals surface area contributed by atoms with Crippen LogP contribution in [0.25, 0.3) is 0 Å². The number of nitrogens with one attached hydrogen (secondary N) is 1. The SMILES string of the molecule is CC1(CC(=O)OC(C)(C)C)CCN(C(=O)OC(C(F)(F)F)C(F)(F)F)CC1.CC1(CC(=O)OC(C)(C)C)CCNCC1.OC(C(F)(F)F)C(F)(F)F. The Kier molecular flexibility index (Phi) is 17.1. The Morgan fingerprint density at radius 1 is 0.635 bits per heavy atom. The smallest absolute Gasteiger partial charge is 0.434 e. The van der Waals surface area contributed by atoms with Gasteiger partial charge in [0.2, 0.25) is 6.10 Å². The van der Waals surface area contributed by atoms with Crippen molar-refractivity contribution in [2.45, 2.75) is 142 Å². The van der Waals surface area contributed by atoms with Crippen molar-refractivity contribution in [1.29, 1.82) is 0 Å². The molecule has 0 saturated carbocycles. The summed E-state index contributed by atoms with van der Waals surface area (Å²) in [5.41, 5.74) is -1.48. The fraction of sp³-hybridized carbons (Fsp3) is 0.903. The van der Waals surface area contributed by atoms with E-state index in [4.69, 9.17) is 14.6 Å². The van der Waals surface area contributed by atoms with E-state index in [1.54, 1.807) is 27.7 Å². The molecule has 2 fully saturated rings. The molecule has 21 heteroatoms. The van der Waals surface area contributed by atoms with Gasteiger partial charge in [0.25, 0.3) is 6.10 Å². The van der Waals surface area contributed by atoms with Crippen LogP contribution in [-0.4, -0.2) is 102 Å². The third kappa shape index (κ3) is 19.9. The number of carbonyl (C=O) groups is 3. The number of hydrogen-bond acceptors (Lipinski definition) is 8. The summed E-state index contributed by atoms with van der Waals surface area (Å²) in [5, 5.41) is 10.8. The van der Waals surface area contributed by atoms with E-state index >= 15 is 0 Å². The monoisotopic (exact) mass is 788 g/mol. The van der Waals surface area contributed by atoms with Crippen LogP contribution in [0.1, 0.15) is 93.9 Å². The number of amides is 1. The number of aliphatic hydroxyl groups excluding tert-OH is 1. The Morgan fingerprint density at radius 3 is 1.23 bits per heavy atom. The number of piperidine rings is 2. The molecule has 0 aromatic carbocycles. The Labute approximate surface area is 294 Å². The van der Waals surface area contributed by atoms with Crippen molar-refractivity contribution in [3.8, 4) is 0 Å². The second-order valence-electron chi connectivity index (χ2n) is 15.2. The summed E-state index contributed by atoms with van der Waals surface area (Å²) < 4.78 is 155. The summed E-state index contributed by atoms with van der Waals surface area (Å²) in [6, 6.07) is 0. The average molecular weight is 789 g/mol. The summed E-state index contributed by atoms with van der Waals surface area (Å²) in [4.78, 5) is 36.1. The number of likely N-dealkylation sites (tertiary alicyclic amines) is 1. The zero-order valence-electron chi connectivity index (χ0n) is 30.1. The Morgan fingerprint density at radius 2 is 0.962 bits per heavy atom. The largest absolute Gasteiger partial charge is 0.460 e. The van der Waals surface area contributed by atoms with Crippen LogP contribution in [0.2, 0.25) is 0 Å². The van der Waals surface area contributed by atoms with Gasteiger partial charge in [0, 0.05) is 13.1 Å². The number of aliphatic hydroxyl groups is 1. The average Bonchev–Trinajstić information content (AvgIpc) is 2.87. The first-order valence-electron chi connectivity index (χ1n) is 15.9. The second kappa shape index (κ2) is 18.1. The van der Waals surface area contributed by atoms with Crippen LogP contribution < -0.4 is 5.32 Å². The summed E-state index contributed by atoms with van der Waals surface area (Å²) >= 11 is 0. The van der Waals surface area contributed by atoms with Crippen molar-refractivity contribution in [1.82, 2.24) is 10.2 Å². The lowest BCUT2D eigenvalue weighted by Crippen LogP contribution is -2.50. The van der Waals surface area contributed by atoms with Crippen LogP contribution in [0.15, 0.2) is 0 Å². The second-order valence-corrected chi connectivity index (χ2v) is 15.2. The van der Waals surface area contributed by atoms with E-state index in [2.05, 4.69) is 17.0 Å². The van der Waals surface area contributed by atoms with E-state index in [9.17, 15) is 67.1 Å². The molecule has 0 unspecified atom stereocenters. The molecule has 0 aromatic heterocycles. The molecule has 2 saturated heterocycles. The maximum Gasteiger partial charge on any atom is 0.434 e. The standard InChI is InChI=1S/C16H23F6NO4.C12H23NO2.C3H2F6O/c1-13(2,3)27-10(24)9-14(4)5-7-23(8-6-14)12(25)26-11(15(17,18)19)16(20,21)22;1-11(2,3)15-10(14)9-12(4)5-7-13-8-6-12;4-2(5,6)1(10)3(7,8)9/h11H,5-9H2,1-4H3;13H,5-9H2,1-4H3;1,10H. The molecule has 0 aliphatic carbocycles. The number of esters is 2. The summed E-state index contributed by atoms with van der Waals surface area (Å²) in [7, 11) is 0. The Bertz CT molecular complexity index is 1120. The molecular formula is C31H48F12N2O7. The highest BCUT2D eigenvalue weighted by Gasteiger charge is 2.60. The zero-order chi connectivity index (χ0) is 41.4. The van der Waals surface area contributed by atoms with E-state index < -0.39 is 60.0 Å². The first-order chi connectivity index (χ1) is 22.9. The lowest BCUT2D eigenvalue weighted by molar-refractivity contribution is -0.309. The van der Waals surface area contributed by atoms with E-state index in [0.29, 0.717) is 6.42 Å². The van der Waals surface area contributed by atoms with Gasteiger partial charge >= 0.3 is 42.7 Å². The van der Waals surface area contributed by atoms with Gasteiger partial charge in [-0.2, -0.15) is 52.7 Å². The normalized spacial score (nSPS) is 18.4. The van der Waals surface area contributed by atoms with Crippen molar-refractivity contribution >= 4 is 18.0 Å². The molecule has 52 heavy (non-hydrogen) atoms. The molecule has 2 heterocycles. The molecule has 0 radical (unpaired) electrons. The number of rotatable bonds is 5. The van der Waals surface area contributed by atoms with Gasteiger partial charge in [0.1, 0.15) is 11.2 Å². The maximum atomic E-state index is 12.5. The van der Waals surface area contributed by atoms with Crippen molar-refractivity contribution < 1.29 is 86.4 Å². The minimum atomic E-state index is -5.76. The molecule has 308 valence electrons. The van der Waals surface area contributed by atoms with Gasteiger partial charge in [-0.25, -0.2) is 4.79 Å². The lowest BCUT2D eigenvalue weighted by atomic mass is 9.77. The van der Waals surface area contributed by atoms with E-state index in [1.807, 2.05) is 20.8 Å². The molecule has 0 atom stereocenters. The number of hydrogen-bond donors (Lipinski definition) is 2. The highest BCUT2D eigenvalue weighted by atomic mass is 19.4. The Hall–Kier alpha value is -2.71. The molecular weight excluding hydrogens is 740 g/mol.